The normalized spacial score (nSPS) is 22.4. The summed E-state index contributed by atoms with van der Waals surface area (Å²) in [6.45, 7) is 6.68. The minimum absolute atomic E-state index is 0.102. The third kappa shape index (κ3) is 2.92. The Hall–Kier alpha value is -1.89. The Morgan fingerprint density at radius 3 is 2.81 bits per heavy atom. The van der Waals surface area contributed by atoms with Gasteiger partial charge >= 0.3 is 0 Å². The molecule has 2 rings (SSSR count). The van der Waals surface area contributed by atoms with Crippen molar-refractivity contribution in [3.8, 4) is 0 Å². The summed E-state index contributed by atoms with van der Waals surface area (Å²) in [5.74, 6) is -0.350. The molecule has 1 aliphatic rings. The standard InChI is InChI=1S/C14H22N4O3/c1-10(2)18-11(5-6-16-18)12(19)17-7-8-21-14(3,9-17)13(20)15-4/h5-6,10H,7-9H2,1-4H3,(H,15,20)/t14-/m1/s1. The van der Waals surface area contributed by atoms with Gasteiger partial charge in [-0.25, -0.2) is 0 Å². The number of rotatable bonds is 3. The van der Waals surface area contributed by atoms with E-state index < -0.39 is 5.60 Å². The zero-order chi connectivity index (χ0) is 15.6. The highest BCUT2D eigenvalue weighted by Gasteiger charge is 2.40. The Morgan fingerprint density at radius 2 is 2.19 bits per heavy atom. The van der Waals surface area contributed by atoms with Gasteiger partial charge in [0.05, 0.1) is 13.2 Å². The predicted molar refractivity (Wildman–Crippen MR) is 76.9 cm³/mol. The number of hydrogen-bond donors (Lipinski definition) is 1. The maximum absolute atomic E-state index is 12.7. The molecule has 1 saturated heterocycles. The van der Waals surface area contributed by atoms with Gasteiger partial charge in [0.2, 0.25) is 0 Å². The topological polar surface area (TPSA) is 76.5 Å². The molecule has 0 saturated carbocycles. The second kappa shape index (κ2) is 5.85. The predicted octanol–water partition coefficient (Wildman–Crippen LogP) is 0.441. The smallest absolute Gasteiger partial charge is 0.272 e. The number of hydrogen-bond acceptors (Lipinski definition) is 4. The number of likely N-dealkylation sites (N-methyl/N-ethyl adjacent to an activating group) is 1. The highest BCUT2D eigenvalue weighted by atomic mass is 16.5. The molecule has 1 atom stereocenters. The average Bonchev–Trinajstić information content (AvgIpc) is 2.95. The summed E-state index contributed by atoms with van der Waals surface area (Å²) >= 11 is 0. The van der Waals surface area contributed by atoms with Crippen molar-refractivity contribution in [1.82, 2.24) is 20.0 Å². The number of aromatic nitrogens is 2. The molecule has 116 valence electrons. The van der Waals surface area contributed by atoms with Crippen LogP contribution in [0.15, 0.2) is 12.3 Å². The molecule has 2 amide bonds. The first-order valence-electron chi connectivity index (χ1n) is 7.08. The van der Waals surface area contributed by atoms with Gasteiger partial charge in [0.15, 0.2) is 5.60 Å². The number of amides is 2. The van der Waals surface area contributed by atoms with E-state index in [2.05, 4.69) is 10.4 Å². The van der Waals surface area contributed by atoms with Crippen LogP contribution in [0.4, 0.5) is 0 Å². The third-order valence-electron chi connectivity index (χ3n) is 3.65. The van der Waals surface area contributed by atoms with Crippen LogP contribution in [0.5, 0.6) is 0 Å². The Balaban J connectivity index is 2.20. The molecule has 0 bridgehead atoms. The van der Waals surface area contributed by atoms with Crippen LogP contribution < -0.4 is 5.32 Å². The SMILES string of the molecule is CNC(=O)[C@@]1(C)CN(C(=O)c2ccnn2C(C)C)CCO1. The van der Waals surface area contributed by atoms with E-state index in [-0.39, 0.29) is 24.4 Å². The van der Waals surface area contributed by atoms with Crippen LogP contribution in [0.25, 0.3) is 0 Å². The monoisotopic (exact) mass is 294 g/mol. The van der Waals surface area contributed by atoms with E-state index in [0.29, 0.717) is 18.8 Å². The third-order valence-corrected chi connectivity index (χ3v) is 3.65. The Morgan fingerprint density at radius 1 is 1.48 bits per heavy atom. The van der Waals surface area contributed by atoms with Gasteiger partial charge in [-0.05, 0) is 26.8 Å². The minimum atomic E-state index is -1.01. The number of nitrogens with one attached hydrogen (secondary N) is 1. The molecule has 1 N–H and O–H groups in total. The molecule has 0 radical (unpaired) electrons. The van der Waals surface area contributed by atoms with Crippen LogP contribution in [0.1, 0.15) is 37.3 Å². The molecule has 7 nitrogen and oxygen atoms in total. The lowest BCUT2D eigenvalue weighted by atomic mass is 10.0. The highest BCUT2D eigenvalue weighted by molar-refractivity contribution is 5.93. The molecule has 1 aromatic heterocycles. The summed E-state index contributed by atoms with van der Waals surface area (Å²) in [7, 11) is 1.56. The minimum Gasteiger partial charge on any atom is -0.362 e. The molecular formula is C14H22N4O3. The lowest BCUT2D eigenvalue weighted by Crippen LogP contribution is -2.59. The van der Waals surface area contributed by atoms with Crippen molar-refractivity contribution in [3.05, 3.63) is 18.0 Å². The number of carbonyl (C=O) groups excluding carboxylic acids is 2. The Kier molecular flexibility index (Phi) is 4.32. The lowest BCUT2D eigenvalue weighted by molar-refractivity contribution is -0.153. The summed E-state index contributed by atoms with van der Waals surface area (Å²) in [6.07, 6.45) is 1.62. The first-order chi connectivity index (χ1) is 9.89. The average molecular weight is 294 g/mol. The van der Waals surface area contributed by atoms with Crippen LogP contribution in [0.2, 0.25) is 0 Å². The molecule has 0 unspecified atom stereocenters. The first-order valence-corrected chi connectivity index (χ1v) is 7.08. The van der Waals surface area contributed by atoms with Crippen LogP contribution in [0, 0.1) is 0 Å². The van der Waals surface area contributed by atoms with E-state index in [1.165, 1.54) is 0 Å². The van der Waals surface area contributed by atoms with E-state index in [1.54, 1.807) is 35.8 Å². The molecule has 0 aromatic carbocycles. The molecule has 1 fully saturated rings. The fourth-order valence-electron chi connectivity index (χ4n) is 2.50. The van der Waals surface area contributed by atoms with Gasteiger partial charge in [0.25, 0.3) is 11.8 Å². The maximum atomic E-state index is 12.7. The van der Waals surface area contributed by atoms with E-state index >= 15 is 0 Å². The van der Waals surface area contributed by atoms with Gasteiger partial charge in [-0.1, -0.05) is 0 Å². The molecule has 1 aliphatic heterocycles. The van der Waals surface area contributed by atoms with Gasteiger partial charge in [-0.3, -0.25) is 14.3 Å². The van der Waals surface area contributed by atoms with Crippen molar-refractivity contribution in [3.63, 3.8) is 0 Å². The number of ether oxygens (including phenoxy) is 1. The molecule has 7 heteroatoms. The fourth-order valence-corrected chi connectivity index (χ4v) is 2.50. The quantitative estimate of drug-likeness (QED) is 0.877. The Bertz CT molecular complexity index is 540. The number of nitrogens with zero attached hydrogens (tertiary/aromatic N) is 3. The van der Waals surface area contributed by atoms with Crippen molar-refractivity contribution in [2.45, 2.75) is 32.4 Å². The number of morpholine rings is 1. The van der Waals surface area contributed by atoms with Crippen LogP contribution >= 0.6 is 0 Å². The molecule has 21 heavy (non-hydrogen) atoms. The maximum Gasteiger partial charge on any atom is 0.272 e. The van der Waals surface area contributed by atoms with Crippen molar-refractivity contribution in [2.75, 3.05) is 26.7 Å². The number of carbonyl (C=O) groups is 2. The second-order valence-electron chi connectivity index (χ2n) is 5.64. The second-order valence-corrected chi connectivity index (χ2v) is 5.64. The fraction of sp³-hybridized carbons (Fsp3) is 0.643. The van der Waals surface area contributed by atoms with Crippen LogP contribution in [0.3, 0.4) is 0 Å². The van der Waals surface area contributed by atoms with Crippen molar-refractivity contribution in [1.29, 1.82) is 0 Å². The lowest BCUT2D eigenvalue weighted by Gasteiger charge is -2.39. The summed E-state index contributed by atoms with van der Waals surface area (Å²) in [5.41, 5.74) is -0.475. The van der Waals surface area contributed by atoms with E-state index in [4.69, 9.17) is 4.74 Å². The van der Waals surface area contributed by atoms with Gasteiger partial charge in [0.1, 0.15) is 5.69 Å². The van der Waals surface area contributed by atoms with Crippen molar-refractivity contribution < 1.29 is 14.3 Å². The van der Waals surface area contributed by atoms with Crippen LogP contribution in [-0.2, 0) is 9.53 Å². The van der Waals surface area contributed by atoms with Gasteiger partial charge in [0, 0.05) is 25.8 Å². The van der Waals surface area contributed by atoms with E-state index in [1.807, 2.05) is 13.8 Å². The molecular weight excluding hydrogens is 272 g/mol. The van der Waals surface area contributed by atoms with Crippen LogP contribution in [-0.4, -0.2) is 58.8 Å². The molecule has 0 spiro atoms. The summed E-state index contributed by atoms with van der Waals surface area (Å²) in [4.78, 5) is 26.2. The first kappa shape index (κ1) is 15.5. The molecule has 0 aliphatic carbocycles. The van der Waals surface area contributed by atoms with Crippen molar-refractivity contribution >= 4 is 11.8 Å². The zero-order valence-corrected chi connectivity index (χ0v) is 12.9. The summed E-state index contributed by atoms with van der Waals surface area (Å²) in [6, 6.07) is 1.81. The van der Waals surface area contributed by atoms with Gasteiger partial charge in [-0.2, -0.15) is 5.10 Å². The van der Waals surface area contributed by atoms with Gasteiger partial charge in [-0.15, -0.1) is 0 Å². The molecule has 1 aromatic rings. The van der Waals surface area contributed by atoms with Crippen molar-refractivity contribution in [2.24, 2.45) is 0 Å². The Labute approximate surface area is 124 Å². The van der Waals surface area contributed by atoms with E-state index in [9.17, 15) is 9.59 Å². The molecule has 2 heterocycles. The highest BCUT2D eigenvalue weighted by Crippen LogP contribution is 2.20. The summed E-state index contributed by atoms with van der Waals surface area (Å²) in [5, 5.41) is 6.76. The summed E-state index contributed by atoms with van der Waals surface area (Å²) < 4.78 is 7.25. The zero-order valence-electron chi connectivity index (χ0n) is 12.9. The van der Waals surface area contributed by atoms with E-state index in [0.717, 1.165) is 0 Å². The largest absolute Gasteiger partial charge is 0.362 e. The van der Waals surface area contributed by atoms with Gasteiger partial charge < -0.3 is 15.0 Å².